The molecule has 2 aromatic carbocycles. The molecule has 9 heteroatoms. The fourth-order valence-corrected chi connectivity index (χ4v) is 5.40. The zero-order valence-electron chi connectivity index (χ0n) is 17.1. The Morgan fingerprint density at radius 3 is 2.65 bits per heavy atom. The molecule has 4 rings (SSSR count). The van der Waals surface area contributed by atoms with Crippen molar-refractivity contribution in [3.63, 3.8) is 0 Å². The minimum atomic E-state index is -3.51. The molecule has 1 aliphatic heterocycles. The summed E-state index contributed by atoms with van der Waals surface area (Å²) in [6, 6.07) is 15.0. The lowest BCUT2D eigenvalue weighted by molar-refractivity contribution is -0.119. The van der Waals surface area contributed by atoms with Crippen molar-refractivity contribution in [2.45, 2.75) is 25.6 Å². The Bertz CT molecular complexity index is 1170. The lowest BCUT2D eigenvalue weighted by atomic mass is 10.1. The van der Waals surface area contributed by atoms with Crippen LogP contribution in [0.4, 0.5) is 5.69 Å². The molecule has 0 fully saturated rings. The minimum absolute atomic E-state index is 0.116. The summed E-state index contributed by atoms with van der Waals surface area (Å²) in [6.07, 6.45) is 6.71. The maximum Gasteiger partial charge on any atom is 0.247 e. The number of imidazole rings is 1. The molecule has 0 bridgehead atoms. The van der Waals surface area contributed by atoms with Crippen LogP contribution in [0.5, 0.6) is 0 Å². The number of amides is 1. The van der Waals surface area contributed by atoms with Crippen LogP contribution in [0.1, 0.15) is 11.1 Å². The molecule has 1 atom stereocenters. The Morgan fingerprint density at radius 1 is 1.19 bits per heavy atom. The van der Waals surface area contributed by atoms with E-state index in [-0.39, 0.29) is 25.5 Å². The highest BCUT2D eigenvalue weighted by molar-refractivity contribution is 9.10. The number of hydrogen-bond donors (Lipinski definition) is 0. The number of carbonyl (C=O) groups excluding carboxylic acids is 1. The molecule has 0 saturated heterocycles. The van der Waals surface area contributed by atoms with Gasteiger partial charge in [-0.15, -0.1) is 0 Å². The molecular weight excluding hydrogens is 480 g/mol. The van der Waals surface area contributed by atoms with E-state index in [0.717, 1.165) is 21.3 Å². The van der Waals surface area contributed by atoms with Crippen molar-refractivity contribution in [1.82, 2.24) is 13.9 Å². The summed E-state index contributed by atoms with van der Waals surface area (Å²) >= 11 is 3.48. The van der Waals surface area contributed by atoms with E-state index in [1.807, 2.05) is 48.5 Å². The second-order valence-corrected chi connectivity index (χ2v) is 10.5. The zero-order valence-corrected chi connectivity index (χ0v) is 19.5. The summed E-state index contributed by atoms with van der Waals surface area (Å²) in [5.74, 6) is -0.116. The Kier molecular flexibility index (Phi) is 6.27. The first-order valence-electron chi connectivity index (χ1n) is 9.86. The number of benzene rings is 2. The Morgan fingerprint density at radius 2 is 1.97 bits per heavy atom. The molecule has 0 spiro atoms. The number of anilines is 1. The molecule has 1 aromatic heterocycles. The number of aromatic nitrogens is 2. The molecule has 0 radical (unpaired) electrons. The highest BCUT2D eigenvalue weighted by Gasteiger charge is 2.35. The zero-order chi connectivity index (χ0) is 22.0. The summed E-state index contributed by atoms with van der Waals surface area (Å²) in [5.41, 5.74) is 2.54. The van der Waals surface area contributed by atoms with E-state index in [9.17, 15) is 13.2 Å². The number of rotatable bonds is 5. The maximum atomic E-state index is 13.3. The highest BCUT2D eigenvalue weighted by atomic mass is 79.9. The molecule has 1 amide bonds. The van der Waals surface area contributed by atoms with Gasteiger partial charge in [0.25, 0.3) is 0 Å². The Balaban J connectivity index is 1.75. The first-order valence-corrected chi connectivity index (χ1v) is 12.5. The predicted molar refractivity (Wildman–Crippen MR) is 123 cm³/mol. The van der Waals surface area contributed by atoms with E-state index in [4.69, 9.17) is 0 Å². The second-order valence-electron chi connectivity index (χ2n) is 7.66. The van der Waals surface area contributed by atoms with E-state index in [1.165, 1.54) is 10.6 Å². The van der Waals surface area contributed by atoms with Gasteiger partial charge in [0.2, 0.25) is 15.9 Å². The molecule has 0 aliphatic carbocycles. The molecule has 162 valence electrons. The van der Waals surface area contributed by atoms with Crippen LogP contribution < -0.4 is 4.90 Å². The maximum absolute atomic E-state index is 13.3. The van der Waals surface area contributed by atoms with Crippen molar-refractivity contribution in [3.8, 4) is 0 Å². The van der Waals surface area contributed by atoms with Crippen molar-refractivity contribution in [2.75, 3.05) is 17.7 Å². The lowest BCUT2D eigenvalue weighted by Crippen LogP contribution is -2.47. The summed E-state index contributed by atoms with van der Waals surface area (Å²) in [6.45, 7) is 0.608. The number of nitrogens with zero attached hydrogens (tertiary/aromatic N) is 4. The molecule has 3 aromatic rings. The van der Waals surface area contributed by atoms with Gasteiger partial charge in [0.15, 0.2) is 0 Å². The van der Waals surface area contributed by atoms with Crippen LogP contribution in [-0.4, -0.2) is 47.0 Å². The van der Waals surface area contributed by atoms with Gasteiger partial charge in [-0.3, -0.25) is 4.79 Å². The van der Waals surface area contributed by atoms with E-state index in [1.54, 1.807) is 28.2 Å². The number of halogens is 1. The third-order valence-electron chi connectivity index (χ3n) is 5.38. The molecule has 31 heavy (non-hydrogen) atoms. The van der Waals surface area contributed by atoms with Gasteiger partial charge in [0.05, 0.1) is 12.6 Å². The molecule has 0 N–H and O–H groups in total. The van der Waals surface area contributed by atoms with Crippen LogP contribution in [0.15, 0.2) is 71.7 Å². The van der Waals surface area contributed by atoms with Gasteiger partial charge in [0, 0.05) is 41.7 Å². The lowest BCUT2D eigenvalue weighted by Gasteiger charge is -2.30. The number of hydrogen-bond acceptors (Lipinski definition) is 4. The number of fused-ring (bicyclic) bond motifs is 1. The Labute approximate surface area is 190 Å². The molecule has 0 saturated carbocycles. The molecule has 7 nitrogen and oxygen atoms in total. The molecule has 2 heterocycles. The van der Waals surface area contributed by atoms with E-state index < -0.39 is 16.1 Å². The largest absolute Gasteiger partial charge is 0.328 e. The van der Waals surface area contributed by atoms with Gasteiger partial charge >= 0.3 is 0 Å². The van der Waals surface area contributed by atoms with Gasteiger partial charge in [-0.1, -0.05) is 46.3 Å². The van der Waals surface area contributed by atoms with E-state index >= 15 is 0 Å². The van der Waals surface area contributed by atoms with E-state index in [2.05, 4.69) is 20.9 Å². The average molecular weight is 503 g/mol. The fraction of sp³-hybridized carbons (Fsp3) is 0.273. The van der Waals surface area contributed by atoms with Crippen LogP contribution >= 0.6 is 15.9 Å². The molecule has 1 aliphatic rings. The fourth-order valence-electron chi connectivity index (χ4n) is 3.94. The van der Waals surface area contributed by atoms with Gasteiger partial charge < -0.3 is 9.47 Å². The van der Waals surface area contributed by atoms with Crippen molar-refractivity contribution < 1.29 is 13.2 Å². The summed E-state index contributed by atoms with van der Waals surface area (Å²) in [7, 11) is -3.51. The standard InChI is InChI=1S/C22H23BrN4O3S/c1-31(29,30)27-13-18-12-19(23)7-8-21(18)26(22(28)15-25-10-9-24-16-25)14-20(27)11-17-5-3-2-4-6-17/h2-10,12,16,20H,11,13-15H2,1H3. The summed E-state index contributed by atoms with van der Waals surface area (Å²) in [5, 5.41) is 0. The SMILES string of the molecule is CS(=O)(=O)N1Cc2cc(Br)ccc2N(C(=O)Cn2ccnc2)CC1Cc1ccccc1. The van der Waals surface area contributed by atoms with Crippen molar-refractivity contribution in [3.05, 3.63) is 82.9 Å². The Hall–Kier alpha value is -2.49. The molecular formula is C22H23BrN4O3S. The van der Waals surface area contributed by atoms with Crippen molar-refractivity contribution >= 4 is 37.5 Å². The van der Waals surface area contributed by atoms with Crippen molar-refractivity contribution in [1.29, 1.82) is 0 Å². The topological polar surface area (TPSA) is 75.5 Å². The van der Waals surface area contributed by atoms with Crippen LogP contribution in [-0.2, 0) is 34.3 Å². The normalized spacial score (nSPS) is 17.2. The van der Waals surface area contributed by atoms with Crippen LogP contribution in [0.3, 0.4) is 0 Å². The third-order valence-corrected chi connectivity index (χ3v) is 7.15. The van der Waals surface area contributed by atoms with Gasteiger partial charge in [-0.2, -0.15) is 4.31 Å². The smallest absolute Gasteiger partial charge is 0.247 e. The summed E-state index contributed by atoms with van der Waals surface area (Å²) in [4.78, 5) is 19.0. The minimum Gasteiger partial charge on any atom is -0.328 e. The third kappa shape index (κ3) is 5.06. The van der Waals surface area contributed by atoms with Crippen molar-refractivity contribution in [2.24, 2.45) is 0 Å². The molecule has 1 unspecified atom stereocenters. The average Bonchev–Trinajstić information content (AvgIpc) is 3.17. The highest BCUT2D eigenvalue weighted by Crippen LogP contribution is 2.32. The monoisotopic (exact) mass is 502 g/mol. The van der Waals surface area contributed by atoms with E-state index in [0.29, 0.717) is 6.42 Å². The van der Waals surface area contributed by atoms with Crippen LogP contribution in [0, 0.1) is 0 Å². The van der Waals surface area contributed by atoms with Gasteiger partial charge in [-0.25, -0.2) is 13.4 Å². The second kappa shape index (κ2) is 8.94. The van der Waals surface area contributed by atoms with Crippen LogP contribution in [0.2, 0.25) is 0 Å². The van der Waals surface area contributed by atoms with Crippen LogP contribution in [0.25, 0.3) is 0 Å². The first-order chi connectivity index (χ1) is 14.8. The summed E-state index contributed by atoms with van der Waals surface area (Å²) < 4.78 is 29.6. The quantitative estimate of drug-likeness (QED) is 0.537. The predicted octanol–water partition coefficient (Wildman–Crippen LogP) is 3.07. The number of sulfonamides is 1. The first kappa shape index (κ1) is 21.7. The van der Waals surface area contributed by atoms with Gasteiger partial charge in [0.1, 0.15) is 6.54 Å². The number of carbonyl (C=O) groups is 1. The van der Waals surface area contributed by atoms with Gasteiger partial charge in [-0.05, 0) is 35.7 Å².